The maximum absolute atomic E-state index is 12.2. The molecule has 0 saturated carbocycles. The third-order valence-electron chi connectivity index (χ3n) is 3.19. The Balaban J connectivity index is 1.81. The molecule has 0 spiro atoms. The summed E-state index contributed by atoms with van der Waals surface area (Å²) in [7, 11) is 0. The number of hydrogen-bond acceptors (Lipinski definition) is 3. The van der Waals surface area contributed by atoms with Crippen molar-refractivity contribution in [2.24, 2.45) is 0 Å². The number of nitrogen functional groups attached to an aromatic ring is 1. The van der Waals surface area contributed by atoms with Crippen molar-refractivity contribution in [2.45, 2.75) is 0 Å². The number of amides is 1. The second kappa shape index (κ2) is 6.60. The average Bonchev–Trinajstić information content (AvgIpc) is 2.99. The van der Waals surface area contributed by atoms with Crippen LogP contribution in [-0.2, 0) is 0 Å². The lowest BCUT2D eigenvalue weighted by molar-refractivity contribution is 0.0997. The number of anilines is 2. The number of hydrogen-bond donors (Lipinski definition) is 2. The second-order valence-corrected chi connectivity index (χ2v) is 6.63. The van der Waals surface area contributed by atoms with Crippen molar-refractivity contribution in [1.82, 2.24) is 0 Å². The minimum absolute atomic E-state index is 0.242. The van der Waals surface area contributed by atoms with Gasteiger partial charge in [0.15, 0.2) is 5.76 Å². The second-order valence-electron chi connectivity index (χ2n) is 4.86. The van der Waals surface area contributed by atoms with E-state index >= 15 is 0 Å². The zero-order valence-electron chi connectivity index (χ0n) is 11.8. The molecule has 0 aliphatic rings. The molecule has 3 N–H and O–H groups in total. The van der Waals surface area contributed by atoms with Gasteiger partial charge in [0.2, 0.25) is 0 Å². The number of rotatable bonds is 3. The summed E-state index contributed by atoms with van der Waals surface area (Å²) in [6, 6.07) is 16.1. The summed E-state index contributed by atoms with van der Waals surface area (Å²) in [6.07, 6.45) is 0. The summed E-state index contributed by atoms with van der Waals surface area (Å²) in [5, 5.41) is 2.77. The van der Waals surface area contributed by atoms with Crippen molar-refractivity contribution >= 4 is 49.1 Å². The Labute approximate surface area is 149 Å². The van der Waals surface area contributed by atoms with Gasteiger partial charge < -0.3 is 15.5 Å². The maximum Gasteiger partial charge on any atom is 0.291 e. The Kier molecular flexibility index (Phi) is 4.54. The Morgan fingerprint density at radius 3 is 2.43 bits per heavy atom. The van der Waals surface area contributed by atoms with Gasteiger partial charge in [-0.1, -0.05) is 15.9 Å². The molecule has 116 valence electrons. The summed E-state index contributed by atoms with van der Waals surface area (Å²) < 4.78 is 7.51. The third kappa shape index (κ3) is 3.65. The molecule has 0 unspecified atom stereocenters. The van der Waals surface area contributed by atoms with Crippen molar-refractivity contribution in [3.05, 3.63) is 69.3 Å². The van der Waals surface area contributed by atoms with E-state index in [-0.39, 0.29) is 11.7 Å². The van der Waals surface area contributed by atoms with Crippen LogP contribution in [0.5, 0.6) is 0 Å². The predicted octanol–water partition coefficient (Wildman–Crippen LogP) is 5.31. The van der Waals surface area contributed by atoms with Crippen LogP contribution < -0.4 is 11.1 Å². The fraction of sp³-hybridized carbons (Fsp3) is 0. The Bertz CT molecular complexity index is 857. The maximum atomic E-state index is 12.2. The van der Waals surface area contributed by atoms with Crippen molar-refractivity contribution in [3.63, 3.8) is 0 Å². The highest BCUT2D eigenvalue weighted by Gasteiger charge is 2.14. The monoisotopic (exact) mass is 434 g/mol. The molecule has 1 heterocycles. The highest BCUT2D eigenvalue weighted by Crippen LogP contribution is 2.32. The van der Waals surface area contributed by atoms with Gasteiger partial charge in [-0.3, -0.25) is 4.79 Å². The smallest absolute Gasteiger partial charge is 0.291 e. The van der Waals surface area contributed by atoms with Gasteiger partial charge in [0.1, 0.15) is 5.76 Å². The molecule has 6 heteroatoms. The van der Waals surface area contributed by atoms with Crippen LogP contribution in [0.1, 0.15) is 10.6 Å². The van der Waals surface area contributed by atoms with E-state index in [1.54, 1.807) is 36.4 Å². The first-order valence-corrected chi connectivity index (χ1v) is 8.34. The minimum atomic E-state index is -0.311. The molecule has 1 aromatic heterocycles. The van der Waals surface area contributed by atoms with Crippen LogP contribution in [0.4, 0.5) is 11.4 Å². The molecule has 3 rings (SSSR count). The van der Waals surface area contributed by atoms with E-state index in [2.05, 4.69) is 37.2 Å². The Morgan fingerprint density at radius 1 is 1.00 bits per heavy atom. The van der Waals surface area contributed by atoms with Crippen molar-refractivity contribution < 1.29 is 9.21 Å². The third-order valence-corrected chi connectivity index (χ3v) is 4.34. The van der Waals surface area contributed by atoms with Gasteiger partial charge in [0.25, 0.3) is 5.91 Å². The Morgan fingerprint density at radius 2 is 1.74 bits per heavy atom. The van der Waals surface area contributed by atoms with Gasteiger partial charge in [-0.25, -0.2) is 0 Å². The number of carbonyl (C=O) groups excluding carboxylic acids is 1. The van der Waals surface area contributed by atoms with E-state index in [4.69, 9.17) is 10.2 Å². The molecule has 2 aromatic carbocycles. The standard InChI is InChI=1S/C17H12Br2N2O2/c18-10-1-6-13(14(19)9-10)15-7-8-16(23-15)17(22)21-12-4-2-11(20)3-5-12/h1-9H,20H2,(H,21,22). The van der Waals surface area contributed by atoms with Crippen LogP contribution in [0.15, 0.2) is 68.0 Å². The van der Waals surface area contributed by atoms with Crippen LogP contribution in [0.2, 0.25) is 0 Å². The van der Waals surface area contributed by atoms with Gasteiger partial charge >= 0.3 is 0 Å². The normalized spacial score (nSPS) is 10.5. The van der Waals surface area contributed by atoms with E-state index in [1.165, 1.54) is 0 Å². The molecule has 0 atom stereocenters. The van der Waals surface area contributed by atoms with Gasteiger partial charge in [-0.15, -0.1) is 0 Å². The number of nitrogens with two attached hydrogens (primary N) is 1. The summed E-state index contributed by atoms with van der Waals surface area (Å²) in [4.78, 5) is 12.2. The van der Waals surface area contributed by atoms with Gasteiger partial charge in [-0.05, 0) is 70.5 Å². The molecule has 0 bridgehead atoms. The highest BCUT2D eigenvalue weighted by molar-refractivity contribution is 9.11. The van der Waals surface area contributed by atoms with Crippen LogP contribution in [-0.4, -0.2) is 5.91 Å². The number of furan rings is 1. The first-order chi connectivity index (χ1) is 11.0. The summed E-state index contributed by atoms with van der Waals surface area (Å²) in [5.74, 6) is 0.549. The summed E-state index contributed by atoms with van der Waals surface area (Å²) >= 11 is 6.89. The van der Waals surface area contributed by atoms with Gasteiger partial charge in [-0.2, -0.15) is 0 Å². The van der Waals surface area contributed by atoms with Crippen molar-refractivity contribution in [1.29, 1.82) is 0 Å². The minimum Gasteiger partial charge on any atom is -0.451 e. The average molecular weight is 436 g/mol. The first kappa shape index (κ1) is 15.8. The van der Waals surface area contributed by atoms with Gasteiger partial charge in [0.05, 0.1) is 0 Å². The predicted molar refractivity (Wildman–Crippen MR) is 98.4 cm³/mol. The lowest BCUT2D eigenvalue weighted by Gasteiger charge is -2.04. The van der Waals surface area contributed by atoms with Crippen molar-refractivity contribution in [3.8, 4) is 11.3 Å². The number of halogens is 2. The molecule has 4 nitrogen and oxygen atoms in total. The Hall–Kier alpha value is -2.05. The quantitative estimate of drug-likeness (QED) is 0.548. The highest BCUT2D eigenvalue weighted by atomic mass is 79.9. The molecule has 3 aromatic rings. The molecule has 0 saturated heterocycles. The first-order valence-electron chi connectivity index (χ1n) is 6.75. The molecular formula is C17H12Br2N2O2. The number of nitrogens with one attached hydrogen (secondary N) is 1. The molecule has 0 aliphatic heterocycles. The number of carbonyl (C=O) groups is 1. The zero-order valence-corrected chi connectivity index (χ0v) is 15.0. The van der Waals surface area contributed by atoms with Crippen LogP contribution in [0, 0.1) is 0 Å². The topological polar surface area (TPSA) is 68.3 Å². The van der Waals surface area contributed by atoms with Crippen LogP contribution >= 0.6 is 31.9 Å². The van der Waals surface area contributed by atoms with Gasteiger partial charge in [0, 0.05) is 25.9 Å². The lowest BCUT2D eigenvalue weighted by atomic mass is 10.2. The van der Waals surface area contributed by atoms with Crippen LogP contribution in [0.3, 0.4) is 0 Å². The summed E-state index contributed by atoms with van der Waals surface area (Å²) in [6.45, 7) is 0. The molecule has 0 fully saturated rings. The molecule has 1 amide bonds. The molecule has 23 heavy (non-hydrogen) atoms. The van der Waals surface area contributed by atoms with Crippen molar-refractivity contribution in [2.75, 3.05) is 11.1 Å². The zero-order chi connectivity index (χ0) is 16.4. The van der Waals surface area contributed by atoms with E-state index in [0.29, 0.717) is 17.1 Å². The fourth-order valence-electron chi connectivity index (χ4n) is 2.05. The molecule has 0 radical (unpaired) electrons. The molecule has 0 aliphatic carbocycles. The lowest BCUT2D eigenvalue weighted by Crippen LogP contribution is -2.10. The van der Waals surface area contributed by atoms with E-state index in [9.17, 15) is 4.79 Å². The fourth-order valence-corrected chi connectivity index (χ4v) is 3.30. The summed E-state index contributed by atoms with van der Waals surface area (Å²) in [5.41, 5.74) is 7.80. The van der Waals surface area contributed by atoms with E-state index in [1.807, 2.05) is 18.2 Å². The number of benzene rings is 2. The van der Waals surface area contributed by atoms with E-state index < -0.39 is 0 Å². The SMILES string of the molecule is Nc1ccc(NC(=O)c2ccc(-c3ccc(Br)cc3Br)o2)cc1. The van der Waals surface area contributed by atoms with Crippen LogP contribution in [0.25, 0.3) is 11.3 Å². The molecular weight excluding hydrogens is 424 g/mol. The largest absolute Gasteiger partial charge is 0.451 e. The van der Waals surface area contributed by atoms with E-state index in [0.717, 1.165) is 14.5 Å².